The highest BCUT2D eigenvalue weighted by molar-refractivity contribution is 6.17. The number of alkyl halides is 1. The first-order chi connectivity index (χ1) is 8.24. The highest BCUT2D eigenvalue weighted by Crippen LogP contribution is 2.25. The Morgan fingerprint density at radius 2 is 1.94 bits per heavy atom. The van der Waals surface area contributed by atoms with E-state index in [1.54, 1.807) is 24.2 Å². The molecule has 88 valence electrons. The van der Waals surface area contributed by atoms with Crippen molar-refractivity contribution in [1.82, 2.24) is 4.98 Å². The second-order valence-electron chi connectivity index (χ2n) is 3.64. The van der Waals surface area contributed by atoms with Crippen molar-refractivity contribution in [3.8, 4) is 0 Å². The zero-order valence-electron chi connectivity index (χ0n) is 9.40. The Hall–Kier alpha value is -1.61. The van der Waals surface area contributed by atoms with E-state index in [1.165, 1.54) is 0 Å². The van der Waals surface area contributed by atoms with E-state index in [4.69, 9.17) is 11.6 Å². The summed E-state index contributed by atoms with van der Waals surface area (Å²) in [4.78, 5) is 5.76. The van der Waals surface area contributed by atoms with E-state index in [0.717, 1.165) is 5.69 Å². The topological polar surface area (TPSA) is 16.1 Å². The van der Waals surface area contributed by atoms with E-state index >= 15 is 0 Å². The fourth-order valence-electron chi connectivity index (χ4n) is 1.58. The minimum atomic E-state index is -0.367. The summed E-state index contributed by atoms with van der Waals surface area (Å²) in [5.74, 6) is 0.0625. The van der Waals surface area contributed by atoms with Crippen LogP contribution in [0.2, 0.25) is 0 Å². The first-order valence-corrected chi connectivity index (χ1v) is 5.75. The van der Waals surface area contributed by atoms with Gasteiger partial charge in [0.15, 0.2) is 11.6 Å². The molecule has 1 aromatic carbocycles. The summed E-state index contributed by atoms with van der Waals surface area (Å²) < 4.78 is 14.0. The van der Waals surface area contributed by atoms with Crippen molar-refractivity contribution in [2.45, 2.75) is 5.88 Å². The lowest BCUT2D eigenvalue weighted by atomic mass is 10.2. The van der Waals surface area contributed by atoms with E-state index in [-0.39, 0.29) is 17.5 Å². The summed E-state index contributed by atoms with van der Waals surface area (Å²) in [6.45, 7) is 0. The van der Waals surface area contributed by atoms with Crippen molar-refractivity contribution in [2.24, 2.45) is 0 Å². The van der Waals surface area contributed by atoms with E-state index in [1.807, 2.05) is 30.3 Å². The maximum Gasteiger partial charge on any atom is 0.170 e. The van der Waals surface area contributed by atoms with Crippen LogP contribution in [0.25, 0.3) is 0 Å². The van der Waals surface area contributed by atoms with E-state index in [0.29, 0.717) is 5.56 Å². The molecule has 0 atom stereocenters. The van der Waals surface area contributed by atoms with Crippen LogP contribution >= 0.6 is 11.6 Å². The van der Waals surface area contributed by atoms with Gasteiger partial charge in [-0.3, -0.25) is 0 Å². The Morgan fingerprint density at radius 3 is 2.59 bits per heavy atom. The predicted molar refractivity (Wildman–Crippen MR) is 68.3 cm³/mol. The molecular weight excluding hydrogens is 239 g/mol. The molecule has 17 heavy (non-hydrogen) atoms. The van der Waals surface area contributed by atoms with Gasteiger partial charge in [-0.2, -0.15) is 0 Å². The van der Waals surface area contributed by atoms with Crippen LogP contribution in [0.4, 0.5) is 15.9 Å². The normalized spacial score (nSPS) is 10.3. The largest absolute Gasteiger partial charge is 0.327 e. The predicted octanol–water partition coefficient (Wildman–Crippen LogP) is 3.73. The molecule has 0 saturated heterocycles. The lowest BCUT2D eigenvalue weighted by Gasteiger charge is -2.19. The van der Waals surface area contributed by atoms with Gasteiger partial charge in [0.05, 0.1) is 5.88 Å². The van der Waals surface area contributed by atoms with Crippen molar-refractivity contribution in [2.75, 3.05) is 11.9 Å². The molecule has 1 heterocycles. The van der Waals surface area contributed by atoms with Crippen molar-refractivity contribution >= 4 is 23.1 Å². The summed E-state index contributed by atoms with van der Waals surface area (Å²) in [7, 11) is 1.78. The fourth-order valence-corrected chi connectivity index (χ4v) is 1.79. The molecule has 2 nitrogen and oxygen atoms in total. The maximum absolute atomic E-state index is 14.0. The smallest absolute Gasteiger partial charge is 0.170 e. The molecule has 0 amide bonds. The number of halogens is 2. The van der Waals surface area contributed by atoms with Crippen molar-refractivity contribution < 1.29 is 4.39 Å². The molecule has 0 unspecified atom stereocenters. The lowest BCUT2D eigenvalue weighted by Crippen LogP contribution is -2.13. The number of rotatable bonds is 3. The molecule has 0 saturated carbocycles. The van der Waals surface area contributed by atoms with Crippen LogP contribution in [0.3, 0.4) is 0 Å². The molecule has 0 fully saturated rings. The van der Waals surface area contributed by atoms with E-state index in [2.05, 4.69) is 4.98 Å². The quantitative estimate of drug-likeness (QED) is 0.772. The van der Waals surface area contributed by atoms with Crippen molar-refractivity contribution in [3.63, 3.8) is 0 Å². The standard InChI is InChI=1S/C13H12ClFN2/c1-17(11-5-3-2-4-6-11)13-12(15)10(9-14)7-8-16-13/h2-8H,9H2,1H3. The number of nitrogens with zero attached hydrogens (tertiary/aromatic N) is 2. The second kappa shape index (κ2) is 5.15. The molecule has 0 radical (unpaired) electrons. The molecule has 2 rings (SSSR count). The summed E-state index contributed by atoms with van der Waals surface area (Å²) in [6, 6.07) is 11.1. The van der Waals surface area contributed by atoms with Gasteiger partial charge in [0.2, 0.25) is 0 Å². The van der Waals surface area contributed by atoms with Crippen LogP contribution < -0.4 is 4.90 Å². The van der Waals surface area contributed by atoms with Gasteiger partial charge in [0.25, 0.3) is 0 Å². The highest BCUT2D eigenvalue weighted by Gasteiger charge is 2.13. The summed E-state index contributed by atoms with van der Waals surface area (Å²) in [5, 5.41) is 0. The zero-order valence-corrected chi connectivity index (χ0v) is 10.2. The van der Waals surface area contributed by atoms with Crippen LogP contribution in [0.1, 0.15) is 5.56 Å². The van der Waals surface area contributed by atoms with Crippen molar-refractivity contribution in [3.05, 3.63) is 54.0 Å². The number of para-hydroxylation sites is 1. The Labute approximate surface area is 105 Å². The van der Waals surface area contributed by atoms with Crippen LogP contribution in [-0.2, 0) is 5.88 Å². The van der Waals surface area contributed by atoms with Gasteiger partial charge < -0.3 is 4.90 Å². The summed E-state index contributed by atoms with van der Waals surface area (Å²) in [6.07, 6.45) is 1.57. The molecule has 0 aliphatic rings. The highest BCUT2D eigenvalue weighted by atomic mass is 35.5. The minimum absolute atomic E-state index is 0.143. The molecule has 2 aromatic rings. The molecule has 0 aliphatic carbocycles. The van der Waals surface area contributed by atoms with Crippen LogP contribution in [0.15, 0.2) is 42.6 Å². The van der Waals surface area contributed by atoms with Gasteiger partial charge >= 0.3 is 0 Å². The fraction of sp³-hybridized carbons (Fsp3) is 0.154. The molecule has 0 spiro atoms. The molecule has 4 heteroatoms. The monoisotopic (exact) mass is 250 g/mol. The summed E-state index contributed by atoms with van der Waals surface area (Å²) in [5.41, 5.74) is 1.34. The van der Waals surface area contributed by atoms with Gasteiger partial charge in [-0.25, -0.2) is 9.37 Å². The van der Waals surface area contributed by atoms with Crippen LogP contribution in [0, 0.1) is 5.82 Å². The Balaban J connectivity index is 2.41. The van der Waals surface area contributed by atoms with Crippen LogP contribution in [0.5, 0.6) is 0 Å². The molecule has 1 aromatic heterocycles. The van der Waals surface area contributed by atoms with E-state index < -0.39 is 0 Å². The number of benzene rings is 1. The van der Waals surface area contributed by atoms with Gasteiger partial charge in [-0.15, -0.1) is 11.6 Å². The van der Waals surface area contributed by atoms with Crippen molar-refractivity contribution in [1.29, 1.82) is 0 Å². The number of anilines is 2. The van der Waals surface area contributed by atoms with Crippen LogP contribution in [-0.4, -0.2) is 12.0 Å². The minimum Gasteiger partial charge on any atom is -0.327 e. The third-order valence-corrected chi connectivity index (χ3v) is 2.84. The van der Waals surface area contributed by atoms with Gasteiger partial charge in [0, 0.05) is 24.5 Å². The number of aromatic nitrogens is 1. The Bertz CT molecular complexity index is 502. The number of hydrogen-bond acceptors (Lipinski definition) is 2. The first kappa shape index (κ1) is 11.9. The first-order valence-electron chi connectivity index (χ1n) is 5.22. The average molecular weight is 251 g/mol. The maximum atomic E-state index is 14.0. The third-order valence-electron chi connectivity index (χ3n) is 2.56. The zero-order chi connectivity index (χ0) is 12.3. The molecule has 0 aliphatic heterocycles. The molecule has 0 bridgehead atoms. The SMILES string of the molecule is CN(c1ccccc1)c1nccc(CCl)c1F. The lowest BCUT2D eigenvalue weighted by molar-refractivity contribution is 0.610. The number of pyridine rings is 1. The second-order valence-corrected chi connectivity index (χ2v) is 3.90. The van der Waals surface area contributed by atoms with Gasteiger partial charge in [-0.05, 0) is 18.2 Å². The van der Waals surface area contributed by atoms with E-state index in [9.17, 15) is 4.39 Å². The van der Waals surface area contributed by atoms with Gasteiger partial charge in [0.1, 0.15) is 0 Å². The van der Waals surface area contributed by atoms with Gasteiger partial charge in [-0.1, -0.05) is 18.2 Å². The summed E-state index contributed by atoms with van der Waals surface area (Å²) >= 11 is 5.67. The Kier molecular flexibility index (Phi) is 3.59. The number of hydrogen-bond donors (Lipinski definition) is 0. The molecule has 0 N–H and O–H groups in total. The average Bonchev–Trinajstić information content (AvgIpc) is 2.39. The molecular formula is C13H12ClFN2. The third kappa shape index (κ3) is 2.39. The Morgan fingerprint density at radius 1 is 1.24 bits per heavy atom.